The second-order valence-corrected chi connectivity index (χ2v) is 8.06. The molecule has 1 aliphatic heterocycles. The maximum absolute atomic E-state index is 14.8. The van der Waals surface area contributed by atoms with Crippen LogP contribution in [0.1, 0.15) is 30.1 Å². The number of rotatable bonds is 3. The van der Waals surface area contributed by atoms with Gasteiger partial charge in [0.2, 0.25) is 0 Å². The number of pyridine rings is 1. The average molecular weight is 468 g/mol. The molecule has 0 unspecified atom stereocenters. The molecule has 0 spiro atoms. The van der Waals surface area contributed by atoms with Crippen molar-refractivity contribution in [1.29, 1.82) is 5.26 Å². The van der Waals surface area contributed by atoms with E-state index < -0.39 is 5.82 Å². The molecule has 0 atom stereocenters. The largest absolute Gasteiger partial charge is 0.508 e. The van der Waals surface area contributed by atoms with Crippen LogP contribution in [0.5, 0.6) is 5.75 Å². The molecule has 0 amide bonds. The number of aromatic nitrogens is 5. The monoisotopic (exact) mass is 467 g/mol. The fourth-order valence-corrected chi connectivity index (χ4v) is 4.47. The lowest BCUT2D eigenvalue weighted by Gasteiger charge is -2.22. The number of aromatic hydroxyl groups is 1. The topological polar surface area (TPSA) is 105 Å². The lowest BCUT2D eigenvalue weighted by atomic mass is 9.96. The first-order valence-electron chi connectivity index (χ1n) is 10.5. The van der Waals surface area contributed by atoms with Gasteiger partial charge >= 0.3 is 0 Å². The van der Waals surface area contributed by atoms with Gasteiger partial charge in [0.1, 0.15) is 17.6 Å². The van der Waals surface area contributed by atoms with Gasteiger partial charge in [-0.1, -0.05) is 0 Å². The number of nitrogens with one attached hydrogen (secondary N) is 1. The summed E-state index contributed by atoms with van der Waals surface area (Å²) in [6, 6.07) is 8.24. The Morgan fingerprint density at radius 1 is 1.21 bits per heavy atom. The van der Waals surface area contributed by atoms with Crippen LogP contribution in [0.25, 0.3) is 33.5 Å². The number of nitrogens with zero attached hydrogens (tertiary/aromatic N) is 6. The van der Waals surface area contributed by atoms with Crippen LogP contribution in [-0.2, 0) is 7.05 Å². The number of piperidine rings is 1. The van der Waals surface area contributed by atoms with Crippen molar-refractivity contribution >= 4 is 23.4 Å². The molecule has 4 heterocycles. The first-order valence-corrected chi connectivity index (χ1v) is 10.5. The second-order valence-electron chi connectivity index (χ2n) is 8.06. The molecule has 0 saturated carbocycles. The molecular formula is C23H23ClFN7O. The molecule has 0 radical (unpaired) electrons. The summed E-state index contributed by atoms with van der Waals surface area (Å²) in [6.45, 7) is 3.74. The van der Waals surface area contributed by atoms with Crippen molar-refractivity contribution in [2.75, 3.05) is 13.1 Å². The van der Waals surface area contributed by atoms with E-state index in [4.69, 9.17) is 5.10 Å². The third-order valence-corrected chi connectivity index (χ3v) is 6.01. The van der Waals surface area contributed by atoms with Crippen LogP contribution in [0.3, 0.4) is 0 Å². The van der Waals surface area contributed by atoms with E-state index in [1.807, 2.05) is 23.9 Å². The summed E-state index contributed by atoms with van der Waals surface area (Å²) >= 11 is 0. The number of halogens is 2. The van der Waals surface area contributed by atoms with Crippen molar-refractivity contribution in [2.24, 2.45) is 7.05 Å². The Kier molecular flexibility index (Phi) is 6.06. The molecule has 5 rings (SSSR count). The Labute approximate surface area is 196 Å². The lowest BCUT2D eigenvalue weighted by molar-refractivity contribution is 0.343. The molecule has 0 aliphatic carbocycles. The summed E-state index contributed by atoms with van der Waals surface area (Å²) in [5, 5.41) is 33.2. The van der Waals surface area contributed by atoms with Gasteiger partial charge in [-0.15, -0.1) is 12.4 Å². The minimum Gasteiger partial charge on any atom is -0.508 e. The predicted octanol–water partition coefficient (Wildman–Crippen LogP) is 3.87. The SMILES string of the molecule is Cc1nn(C)c2nc(-c3ccc(O)cc3F)c(C#N)c(-c3ccn(C4CCNCC4)n3)c12.Cl. The van der Waals surface area contributed by atoms with Crippen LogP contribution in [0.15, 0.2) is 30.5 Å². The summed E-state index contributed by atoms with van der Waals surface area (Å²) in [4.78, 5) is 4.62. The average Bonchev–Trinajstić information content (AvgIpc) is 3.38. The Morgan fingerprint density at radius 2 is 1.97 bits per heavy atom. The van der Waals surface area contributed by atoms with Crippen molar-refractivity contribution in [3.8, 4) is 34.3 Å². The first kappa shape index (κ1) is 22.7. The summed E-state index contributed by atoms with van der Waals surface area (Å²) in [5.74, 6) is -0.846. The molecule has 170 valence electrons. The predicted molar refractivity (Wildman–Crippen MR) is 125 cm³/mol. The van der Waals surface area contributed by atoms with E-state index in [2.05, 4.69) is 21.5 Å². The molecule has 1 aliphatic rings. The standard InChI is InChI=1S/C23H22FN7O.ClH/c1-13-20-21(19-7-10-31(29-19)14-5-8-26-9-6-14)17(12-25)22(27-23(20)30(2)28-13)16-4-3-15(32)11-18(16)24;/h3-4,7,10-11,14,26,32H,5-6,8-9H2,1-2H3;1H. The summed E-state index contributed by atoms with van der Waals surface area (Å²) in [6.07, 6.45) is 3.90. The molecule has 10 heteroatoms. The third-order valence-electron chi connectivity index (χ3n) is 6.01. The minimum atomic E-state index is -0.654. The van der Waals surface area contributed by atoms with E-state index >= 15 is 0 Å². The second kappa shape index (κ2) is 8.81. The van der Waals surface area contributed by atoms with Crippen molar-refractivity contribution in [1.82, 2.24) is 29.9 Å². The van der Waals surface area contributed by atoms with Crippen molar-refractivity contribution < 1.29 is 9.50 Å². The quantitative estimate of drug-likeness (QED) is 0.474. The van der Waals surface area contributed by atoms with Crippen LogP contribution in [0, 0.1) is 24.1 Å². The van der Waals surface area contributed by atoms with Gasteiger partial charge in [-0.2, -0.15) is 15.5 Å². The van der Waals surface area contributed by atoms with Gasteiger partial charge in [0, 0.05) is 30.4 Å². The molecule has 3 aromatic heterocycles. The normalized spacial score (nSPS) is 14.2. The van der Waals surface area contributed by atoms with Gasteiger partial charge in [0.25, 0.3) is 0 Å². The van der Waals surface area contributed by atoms with E-state index in [1.54, 1.807) is 11.7 Å². The molecule has 33 heavy (non-hydrogen) atoms. The van der Waals surface area contributed by atoms with E-state index in [9.17, 15) is 14.8 Å². The molecule has 1 fully saturated rings. The van der Waals surface area contributed by atoms with E-state index in [0.29, 0.717) is 16.9 Å². The molecule has 0 bridgehead atoms. The van der Waals surface area contributed by atoms with Gasteiger partial charge in [0.15, 0.2) is 5.65 Å². The van der Waals surface area contributed by atoms with E-state index in [1.165, 1.54) is 12.1 Å². The zero-order valence-corrected chi connectivity index (χ0v) is 19.0. The van der Waals surface area contributed by atoms with Crippen molar-refractivity contribution in [3.63, 3.8) is 0 Å². The fourth-order valence-electron chi connectivity index (χ4n) is 4.47. The highest BCUT2D eigenvalue weighted by molar-refractivity contribution is 6.00. The van der Waals surface area contributed by atoms with Gasteiger partial charge in [-0.25, -0.2) is 9.37 Å². The number of hydrogen-bond acceptors (Lipinski definition) is 6. The number of aryl methyl sites for hydroxylation is 2. The highest BCUT2D eigenvalue weighted by atomic mass is 35.5. The highest BCUT2D eigenvalue weighted by Crippen LogP contribution is 2.38. The van der Waals surface area contributed by atoms with Crippen molar-refractivity contribution in [3.05, 3.63) is 47.5 Å². The third kappa shape index (κ3) is 3.81. The maximum Gasteiger partial charge on any atom is 0.159 e. The van der Waals surface area contributed by atoms with Gasteiger partial charge in [0.05, 0.1) is 34.1 Å². The molecule has 4 aromatic rings. The Balaban J connectivity index is 0.00000259. The Hall–Kier alpha value is -3.48. The number of phenolic OH excluding ortho intramolecular Hbond substituents is 1. The summed E-state index contributed by atoms with van der Waals surface area (Å²) < 4.78 is 18.4. The van der Waals surface area contributed by atoms with Crippen LogP contribution < -0.4 is 5.32 Å². The fraction of sp³-hybridized carbons (Fsp3) is 0.304. The molecule has 1 saturated heterocycles. The molecule has 1 aromatic carbocycles. The number of phenols is 1. The Bertz CT molecular complexity index is 1380. The van der Waals surface area contributed by atoms with E-state index in [-0.39, 0.29) is 41.0 Å². The number of fused-ring (bicyclic) bond motifs is 1. The molecule has 8 nitrogen and oxygen atoms in total. The zero-order chi connectivity index (χ0) is 22.4. The van der Waals surface area contributed by atoms with E-state index in [0.717, 1.165) is 43.1 Å². The van der Waals surface area contributed by atoms with Crippen LogP contribution in [0.4, 0.5) is 4.39 Å². The van der Waals surface area contributed by atoms with Crippen LogP contribution >= 0.6 is 12.4 Å². The zero-order valence-electron chi connectivity index (χ0n) is 18.2. The Morgan fingerprint density at radius 3 is 2.67 bits per heavy atom. The molecular weight excluding hydrogens is 445 g/mol. The van der Waals surface area contributed by atoms with Gasteiger partial charge in [-0.05, 0) is 51.1 Å². The smallest absolute Gasteiger partial charge is 0.159 e. The van der Waals surface area contributed by atoms with Crippen LogP contribution in [-0.4, -0.2) is 42.7 Å². The van der Waals surface area contributed by atoms with Crippen molar-refractivity contribution in [2.45, 2.75) is 25.8 Å². The number of hydrogen-bond donors (Lipinski definition) is 2. The van der Waals surface area contributed by atoms with Gasteiger partial charge < -0.3 is 10.4 Å². The lowest BCUT2D eigenvalue weighted by Crippen LogP contribution is -2.29. The number of nitriles is 1. The summed E-state index contributed by atoms with van der Waals surface area (Å²) in [5.41, 5.74) is 3.05. The van der Waals surface area contributed by atoms with Crippen LogP contribution in [0.2, 0.25) is 0 Å². The molecule has 2 N–H and O–H groups in total. The summed E-state index contributed by atoms with van der Waals surface area (Å²) in [7, 11) is 1.77. The maximum atomic E-state index is 14.8. The van der Waals surface area contributed by atoms with Gasteiger partial charge in [-0.3, -0.25) is 9.36 Å². The highest BCUT2D eigenvalue weighted by Gasteiger charge is 2.26. The minimum absolute atomic E-state index is 0. The number of benzene rings is 1. The first-order chi connectivity index (χ1) is 15.5.